The van der Waals surface area contributed by atoms with Gasteiger partial charge in [-0.3, -0.25) is 4.79 Å². The highest BCUT2D eigenvalue weighted by Crippen LogP contribution is 2.33. The Morgan fingerprint density at radius 1 is 1.13 bits per heavy atom. The number of aryl methyl sites for hydroxylation is 1. The number of nitrogens with one attached hydrogen (secondary N) is 1. The van der Waals surface area contributed by atoms with Crippen molar-refractivity contribution in [2.24, 2.45) is 0 Å². The highest BCUT2D eigenvalue weighted by atomic mass is 35.5. The van der Waals surface area contributed by atoms with Crippen molar-refractivity contribution in [3.8, 4) is 0 Å². The number of hydrogen-bond acceptors (Lipinski definition) is 1. The van der Waals surface area contributed by atoms with Crippen molar-refractivity contribution < 1.29 is 18.0 Å². The smallest absolute Gasteiger partial charge is 0.321 e. The second-order valence-corrected chi connectivity index (χ2v) is 5.33. The molecule has 2 rings (SSSR count). The topological polar surface area (TPSA) is 29.1 Å². The zero-order chi connectivity index (χ0) is 17.0. The van der Waals surface area contributed by atoms with Crippen molar-refractivity contribution in [1.82, 2.24) is 0 Å². The molecular weight excluding hydrogens is 327 g/mol. The SMILES string of the molecule is Cc1ccc(C=CC(=O)Nc2cc(C(F)(F)F)ccc2Cl)cc1. The predicted molar refractivity (Wildman–Crippen MR) is 85.3 cm³/mol. The summed E-state index contributed by atoms with van der Waals surface area (Å²) in [6.07, 6.45) is -1.70. The van der Waals surface area contributed by atoms with Crippen LogP contribution in [0.4, 0.5) is 18.9 Å². The molecule has 0 saturated heterocycles. The number of benzene rings is 2. The number of hydrogen-bond donors (Lipinski definition) is 1. The first-order valence-corrected chi connectivity index (χ1v) is 7.06. The van der Waals surface area contributed by atoms with Gasteiger partial charge in [0.05, 0.1) is 16.3 Å². The van der Waals surface area contributed by atoms with Gasteiger partial charge in [-0.2, -0.15) is 13.2 Å². The summed E-state index contributed by atoms with van der Waals surface area (Å²) in [6, 6.07) is 10.2. The van der Waals surface area contributed by atoms with E-state index in [4.69, 9.17) is 11.6 Å². The molecule has 0 aliphatic heterocycles. The first-order chi connectivity index (χ1) is 10.8. The number of anilines is 1. The van der Waals surface area contributed by atoms with E-state index < -0.39 is 17.6 Å². The first kappa shape index (κ1) is 17.1. The molecule has 2 nitrogen and oxygen atoms in total. The average molecular weight is 340 g/mol. The Morgan fingerprint density at radius 2 is 1.78 bits per heavy atom. The number of carbonyl (C=O) groups excluding carboxylic acids is 1. The van der Waals surface area contributed by atoms with Gasteiger partial charge in [0.1, 0.15) is 0 Å². The summed E-state index contributed by atoms with van der Waals surface area (Å²) in [5.74, 6) is -0.563. The van der Waals surface area contributed by atoms with E-state index in [-0.39, 0.29) is 10.7 Å². The Bertz CT molecular complexity index is 736. The minimum absolute atomic E-state index is 0.0371. The lowest BCUT2D eigenvalue weighted by Crippen LogP contribution is -2.11. The van der Waals surface area contributed by atoms with Crippen LogP contribution in [0.25, 0.3) is 6.08 Å². The summed E-state index contributed by atoms with van der Waals surface area (Å²) in [5.41, 5.74) is 0.933. The van der Waals surface area contributed by atoms with E-state index in [1.54, 1.807) is 6.08 Å². The second-order valence-electron chi connectivity index (χ2n) is 4.93. The van der Waals surface area contributed by atoms with Crippen LogP contribution in [0.1, 0.15) is 16.7 Å². The van der Waals surface area contributed by atoms with Gasteiger partial charge in [-0.15, -0.1) is 0 Å². The van der Waals surface area contributed by atoms with Crippen LogP contribution in [0.5, 0.6) is 0 Å². The minimum Gasteiger partial charge on any atom is -0.321 e. The standard InChI is InChI=1S/C17H13ClF3NO/c1-11-2-4-12(5-3-11)6-9-16(23)22-15-10-13(17(19,20)21)7-8-14(15)18/h2-10H,1H3,(H,22,23). The van der Waals surface area contributed by atoms with E-state index in [0.717, 1.165) is 29.3 Å². The zero-order valence-electron chi connectivity index (χ0n) is 12.1. The minimum atomic E-state index is -4.50. The lowest BCUT2D eigenvalue weighted by Gasteiger charge is -2.10. The molecule has 0 fully saturated rings. The molecule has 2 aromatic rings. The van der Waals surface area contributed by atoms with Crippen LogP contribution in [0.15, 0.2) is 48.5 Å². The van der Waals surface area contributed by atoms with Gasteiger partial charge in [0.2, 0.25) is 5.91 Å². The van der Waals surface area contributed by atoms with Gasteiger partial charge in [0, 0.05) is 6.08 Å². The molecule has 0 spiro atoms. The van der Waals surface area contributed by atoms with E-state index in [9.17, 15) is 18.0 Å². The summed E-state index contributed by atoms with van der Waals surface area (Å²) in [6.45, 7) is 1.94. The van der Waals surface area contributed by atoms with Crippen LogP contribution in [-0.2, 0) is 11.0 Å². The summed E-state index contributed by atoms with van der Waals surface area (Å²) < 4.78 is 38.0. The molecule has 0 saturated carbocycles. The predicted octanol–water partition coefficient (Wildman–Crippen LogP) is 5.32. The van der Waals surface area contributed by atoms with E-state index in [0.29, 0.717) is 0 Å². The van der Waals surface area contributed by atoms with E-state index in [1.807, 2.05) is 31.2 Å². The maximum absolute atomic E-state index is 12.7. The number of carbonyl (C=O) groups is 1. The molecule has 23 heavy (non-hydrogen) atoms. The Morgan fingerprint density at radius 3 is 2.39 bits per heavy atom. The van der Waals surface area contributed by atoms with Gasteiger partial charge < -0.3 is 5.32 Å². The van der Waals surface area contributed by atoms with Crippen LogP contribution in [-0.4, -0.2) is 5.91 Å². The third-order valence-corrected chi connectivity index (χ3v) is 3.39. The number of amides is 1. The van der Waals surface area contributed by atoms with E-state index >= 15 is 0 Å². The third kappa shape index (κ3) is 4.86. The van der Waals surface area contributed by atoms with Crippen LogP contribution in [0.2, 0.25) is 5.02 Å². The molecule has 0 atom stereocenters. The third-order valence-electron chi connectivity index (χ3n) is 3.06. The van der Waals surface area contributed by atoms with Crippen molar-refractivity contribution >= 4 is 29.3 Å². The van der Waals surface area contributed by atoms with Gasteiger partial charge in [0.25, 0.3) is 0 Å². The van der Waals surface area contributed by atoms with Crippen LogP contribution in [0, 0.1) is 6.92 Å². The fourth-order valence-electron chi connectivity index (χ4n) is 1.82. The van der Waals surface area contributed by atoms with E-state index in [2.05, 4.69) is 5.32 Å². The van der Waals surface area contributed by atoms with Crippen molar-refractivity contribution in [2.75, 3.05) is 5.32 Å². The second kappa shape index (κ2) is 6.87. The molecule has 0 aliphatic carbocycles. The Hall–Kier alpha value is -2.27. The molecule has 0 aromatic heterocycles. The molecule has 120 valence electrons. The fourth-order valence-corrected chi connectivity index (χ4v) is 1.99. The number of alkyl halides is 3. The molecule has 0 bridgehead atoms. The molecule has 1 amide bonds. The number of halogens is 4. The van der Waals surface area contributed by atoms with Crippen molar-refractivity contribution in [1.29, 1.82) is 0 Å². The normalized spacial score (nSPS) is 11.7. The molecule has 0 aliphatic rings. The van der Waals surface area contributed by atoms with Crippen molar-refractivity contribution in [3.05, 3.63) is 70.3 Å². The lowest BCUT2D eigenvalue weighted by molar-refractivity contribution is -0.137. The largest absolute Gasteiger partial charge is 0.416 e. The molecular formula is C17H13ClF3NO. The molecule has 6 heteroatoms. The highest BCUT2D eigenvalue weighted by molar-refractivity contribution is 6.33. The maximum atomic E-state index is 12.7. The van der Waals surface area contributed by atoms with Gasteiger partial charge in [-0.25, -0.2) is 0 Å². The summed E-state index contributed by atoms with van der Waals surface area (Å²) in [4.78, 5) is 11.8. The summed E-state index contributed by atoms with van der Waals surface area (Å²) in [5, 5.41) is 2.38. The molecule has 2 aromatic carbocycles. The first-order valence-electron chi connectivity index (χ1n) is 6.68. The summed E-state index contributed by atoms with van der Waals surface area (Å²) >= 11 is 5.82. The Kier molecular flexibility index (Phi) is 5.11. The quantitative estimate of drug-likeness (QED) is 0.753. The van der Waals surface area contributed by atoms with Crippen molar-refractivity contribution in [3.63, 3.8) is 0 Å². The maximum Gasteiger partial charge on any atom is 0.416 e. The van der Waals surface area contributed by atoms with Crippen molar-refractivity contribution in [2.45, 2.75) is 13.1 Å². The van der Waals surface area contributed by atoms with Crippen LogP contribution < -0.4 is 5.32 Å². The fraction of sp³-hybridized carbons (Fsp3) is 0.118. The average Bonchev–Trinajstić information content (AvgIpc) is 2.48. The number of rotatable bonds is 3. The molecule has 0 heterocycles. The van der Waals surface area contributed by atoms with Crippen LogP contribution >= 0.6 is 11.6 Å². The molecule has 0 radical (unpaired) electrons. The van der Waals surface area contributed by atoms with Gasteiger partial charge in [-0.1, -0.05) is 41.4 Å². The molecule has 1 N–H and O–H groups in total. The Labute approximate surface area is 136 Å². The highest BCUT2D eigenvalue weighted by Gasteiger charge is 2.31. The van der Waals surface area contributed by atoms with Gasteiger partial charge in [-0.05, 0) is 36.8 Å². The zero-order valence-corrected chi connectivity index (χ0v) is 12.9. The Balaban J connectivity index is 2.12. The van der Waals surface area contributed by atoms with Crippen LogP contribution in [0.3, 0.4) is 0 Å². The lowest BCUT2D eigenvalue weighted by atomic mass is 10.1. The van der Waals surface area contributed by atoms with Gasteiger partial charge >= 0.3 is 6.18 Å². The molecule has 0 unspecified atom stereocenters. The van der Waals surface area contributed by atoms with Gasteiger partial charge in [0.15, 0.2) is 0 Å². The summed E-state index contributed by atoms with van der Waals surface area (Å²) in [7, 11) is 0. The monoisotopic (exact) mass is 339 g/mol. The van der Waals surface area contributed by atoms with E-state index in [1.165, 1.54) is 6.08 Å².